The van der Waals surface area contributed by atoms with Gasteiger partial charge in [0, 0.05) is 6.54 Å². The van der Waals surface area contributed by atoms with Crippen molar-refractivity contribution < 1.29 is 14.7 Å². The molecule has 110 valence electrons. The van der Waals surface area contributed by atoms with Gasteiger partial charge in [0.15, 0.2) is 0 Å². The van der Waals surface area contributed by atoms with Crippen molar-refractivity contribution in [3.05, 3.63) is 28.2 Å². The second-order valence-electron chi connectivity index (χ2n) is 4.58. The highest BCUT2D eigenvalue weighted by Crippen LogP contribution is 2.29. The molecule has 5 nitrogen and oxygen atoms in total. The van der Waals surface area contributed by atoms with E-state index in [4.69, 9.17) is 28.3 Å². The van der Waals surface area contributed by atoms with Gasteiger partial charge in [0.1, 0.15) is 0 Å². The Labute approximate surface area is 127 Å². The van der Waals surface area contributed by atoms with Gasteiger partial charge < -0.3 is 10.4 Å². The number of carbonyl (C=O) groups is 2. The van der Waals surface area contributed by atoms with Gasteiger partial charge in [-0.15, -0.1) is 0 Å². The number of halogens is 2. The average Bonchev–Trinajstić information content (AvgIpc) is 2.33. The third-order valence-electron chi connectivity index (χ3n) is 2.65. The minimum Gasteiger partial charge on any atom is -0.481 e. The van der Waals surface area contributed by atoms with Crippen LogP contribution in [0.1, 0.15) is 6.92 Å². The Balaban J connectivity index is 2.58. The SMILES string of the molecule is CC(CN(C)CC(=O)Nc1c(Cl)cccc1Cl)C(=O)O. The van der Waals surface area contributed by atoms with Crippen molar-refractivity contribution in [1.82, 2.24) is 4.90 Å². The van der Waals surface area contributed by atoms with E-state index in [-0.39, 0.29) is 19.0 Å². The Morgan fingerprint density at radius 2 is 1.90 bits per heavy atom. The molecule has 0 aromatic heterocycles. The van der Waals surface area contributed by atoms with Crippen LogP contribution in [0.15, 0.2) is 18.2 Å². The zero-order chi connectivity index (χ0) is 15.3. The average molecular weight is 319 g/mol. The number of carboxylic acids is 1. The molecule has 0 spiro atoms. The molecule has 1 rings (SSSR count). The number of para-hydroxylation sites is 1. The highest BCUT2D eigenvalue weighted by molar-refractivity contribution is 6.39. The van der Waals surface area contributed by atoms with Crippen molar-refractivity contribution in [3.63, 3.8) is 0 Å². The molecule has 1 aromatic rings. The van der Waals surface area contributed by atoms with E-state index in [0.717, 1.165) is 0 Å². The van der Waals surface area contributed by atoms with Gasteiger partial charge >= 0.3 is 5.97 Å². The van der Waals surface area contributed by atoms with Crippen LogP contribution >= 0.6 is 23.2 Å². The molecule has 1 amide bonds. The summed E-state index contributed by atoms with van der Waals surface area (Å²) in [4.78, 5) is 24.2. The molecule has 0 heterocycles. The lowest BCUT2D eigenvalue weighted by Crippen LogP contribution is -2.35. The first-order valence-corrected chi connectivity index (χ1v) is 6.72. The number of rotatable bonds is 6. The van der Waals surface area contributed by atoms with Crippen LogP contribution in [-0.2, 0) is 9.59 Å². The van der Waals surface area contributed by atoms with Gasteiger partial charge in [-0.1, -0.05) is 36.2 Å². The van der Waals surface area contributed by atoms with E-state index in [1.54, 1.807) is 37.1 Å². The molecule has 7 heteroatoms. The van der Waals surface area contributed by atoms with Crippen molar-refractivity contribution in [3.8, 4) is 0 Å². The third-order valence-corrected chi connectivity index (χ3v) is 3.28. The van der Waals surface area contributed by atoms with Gasteiger partial charge in [0.05, 0.1) is 28.2 Å². The molecule has 1 unspecified atom stereocenters. The highest BCUT2D eigenvalue weighted by Gasteiger charge is 2.16. The fourth-order valence-corrected chi connectivity index (χ4v) is 2.14. The number of anilines is 1. The maximum Gasteiger partial charge on any atom is 0.307 e. The van der Waals surface area contributed by atoms with Crippen molar-refractivity contribution in [2.24, 2.45) is 5.92 Å². The summed E-state index contributed by atoms with van der Waals surface area (Å²) in [5.74, 6) is -1.75. The standard InChI is InChI=1S/C13H16Cl2N2O3/c1-8(13(19)20)6-17(2)7-11(18)16-12-9(14)4-3-5-10(12)15/h3-5,8H,6-7H2,1-2H3,(H,16,18)(H,19,20). The number of carboxylic acid groups (broad SMARTS) is 1. The number of likely N-dealkylation sites (N-methyl/N-ethyl adjacent to an activating group) is 1. The van der Waals surface area contributed by atoms with Gasteiger partial charge in [-0.05, 0) is 19.2 Å². The van der Waals surface area contributed by atoms with Gasteiger partial charge in [-0.25, -0.2) is 0 Å². The monoisotopic (exact) mass is 318 g/mol. The first-order valence-electron chi connectivity index (χ1n) is 5.96. The second kappa shape index (κ2) is 7.47. The molecule has 1 aromatic carbocycles. The first kappa shape index (κ1) is 16.8. The van der Waals surface area contributed by atoms with Crippen molar-refractivity contribution in [2.45, 2.75) is 6.92 Å². The first-order chi connectivity index (χ1) is 9.31. The number of carbonyl (C=O) groups excluding carboxylic acids is 1. The Morgan fingerprint density at radius 1 is 1.35 bits per heavy atom. The Hall–Kier alpha value is -1.30. The van der Waals surface area contributed by atoms with Crippen LogP contribution in [0.5, 0.6) is 0 Å². The topological polar surface area (TPSA) is 69.6 Å². The van der Waals surface area contributed by atoms with E-state index in [2.05, 4.69) is 5.32 Å². The van der Waals surface area contributed by atoms with E-state index in [0.29, 0.717) is 15.7 Å². The fraction of sp³-hybridized carbons (Fsp3) is 0.385. The molecule has 0 fully saturated rings. The zero-order valence-corrected chi connectivity index (χ0v) is 12.7. The van der Waals surface area contributed by atoms with Gasteiger partial charge in [0.25, 0.3) is 0 Å². The molecule has 0 saturated carbocycles. The van der Waals surface area contributed by atoms with Crippen LogP contribution in [0.4, 0.5) is 5.69 Å². The maximum absolute atomic E-state index is 11.9. The van der Waals surface area contributed by atoms with E-state index in [1.807, 2.05) is 0 Å². The number of benzene rings is 1. The molecule has 0 bridgehead atoms. The number of nitrogens with one attached hydrogen (secondary N) is 1. The minimum absolute atomic E-state index is 0.0547. The number of amides is 1. The second-order valence-corrected chi connectivity index (χ2v) is 5.40. The van der Waals surface area contributed by atoms with Crippen LogP contribution in [0.25, 0.3) is 0 Å². The Bertz CT molecular complexity index is 488. The van der Waals surface area contributed by atoms with Crippen LogP contribution in [0.2, 0.25) is 10.0 Å². The van der Waals surface area contributed by atoms with Crippen LogP contribution < -0.4 is 5.32 Å². The molecule has 0 aliphatic rings. The lowest BCUT2D eigenvalue weighted by Gasteiger charge is -2.19. The van der Waals surface area contributed by atoms with Gasteiger partial charge in [-0.3, -0.25) is 14.5 Å². The maximum atomic E-state index is 11.9. The lowest BCUT2D eigenvalue weighted by molar-refractivity contribution is -0.141. The molecule has 0 aliphatic heterocycles. The predicted octanol–water partition coefficient (Wildman–Crippen LogP) is 2.58. The molecule has 2 N–H and O–H groups in total. The van der Waals surface area contributed by atoms with Crippen molar-refractivity contribution >= 4 is 40.8 Å². The molecule has 1 atom stereocenters. The van der Waals surface area contributed by atoms with E-state index < -0.39 is 11.9 Å². The normalized spacial score (nSPS) is 12.2. The summed E-state index contributed by atoms with van der Waals surface area (Å²) < 4.78 is 0. The fourth-order valence-electron chi connectivity index (χ4n) is 1.65. The quantitative estimate of drug-likeness (QED) is 0.845. The zero-order valence-electron chi connectivity index (χ0n) is 11.2. The van der Waals surface area contributed by atoms with Gasteiger partial charge in [0.2, 0.25) is 5.91 Å². The highest BCUT2D eigenvalue weighted by atomic mass is 35.5. The summed E-state index contributed by atoms with van der Waals surface area (Å²) in [6.07, 6.45) is 0. The Kier molecular flexibility index (Phi) is 6.26. The van der Waals surface area contributed by atoms with Crippen LogP contribution in [0, 0.1) is 5.92 Å². The van der Waals surface area contributed by atoms with Crippen LogP contribution in [-0.4, -0.2) is 42.0 Å². The van der Waals surface area contributed by atoms with E-state index >= 15 is 0 Å². The Morgan fingerprint density at radius 3 is 2.40 bits per heavy atom. The summed E-state index contributed by atoms with van der Waals surface area (Å²) in [5, 5.41) is 12.1. The van der Waals surface area contributed by atoms with Crippen LogP contribution in [0.3, 0.4) is 0 Å². The van der Waals surface area contributed by atoms with Crippen molar-refractivity contribution in [2.75, 3.05) is 25.5 Å². The van der Waals surface area contributed by atoms with E-state index in [1.165, 1.54) is 0 Å². The minimum atomic E-state index is -0.897. The third kappa shape index (κ3) is 5.00. The molecule has 20 heavy (non-hydrogen) atoms. The lowest BCUT2D eigenvalue weighted by atomic mass is 10.2. The summed E-state index contributed by atoms with van der Waals surface area (Å²) in [6.45, 7) is 1.92. The molecular weight excluding hydrogens is 303 g/mol. The van der Waals surface area contributed by atoms with Crippen molar-refractivity contribution in [1.29, 1.82) is 0 Å². The summed E-state index contributed by atoms with van der Waals surface area (Å²) in [5.41, 5.74) is 0.362. The summed E-state index contributed by atoms with van der Waals surface area (Å²) in [6, 6.07) is 4.93. The molecule has 0 aliphatic carbocycles. The summed E-state index contributed by atoms with van der Waals surface area (Å²) in [7, 11) is 1.67. The predicted molar refractivity (Wildman–Crippen MR) is 79.4 cm³/mol. The molecule has 0 saturated heterocycles. The molecule has 0 radical (unpaired) electrons. The number of hydrogen-bond donors (Lipinski definition) is 2. The van der Waals surface area contributed by atoms with Gasteiger partial charge in [-0.2, -0.15) is 0 Å². The largest absolute Gasteiger partial charge is 0.481 e. The molecular formula is C13H16Cl2N2O3. The number of nitrogens with zero attached hydrogens (tertiary/aromatic N) is 1. The number of aliphatic carboxylic acids is 1. The number of hydrogen-bond acceptors (Lipinski definition) is 3. The smallest absolute Gasteiger partial charge is 0.307 e. The summed E-state index contributed by atoms with van der Waals surface area (Å²) >= 11 is 11.9. The van der Waals surface area contributed by atoms with E-state index in [9.17, 15) is 9.59 Å².